The van der Waals surface area contributed by atoms with E-state index in [4.69, 9.17) is 0 Å². The van der Waals surface area contributed by atoms with E-state index in [1.807, 2.05) is 36.4 Å². The van der Waals surface area contributed by atoms with Gasteiger partial charge in [0.2, 0.25) is 5.91 Å². The molecule has 1 N–H and O–H groups in total. The van der Waals surface area contributed by atoms with Crippen molar-refractivity contribution in [1.82, 2.24) is 10.3 Å². The van der Waals surface area contributed by atoms with E-state index in [0.717, 1.165) is 15.9 Å². The van der Waals surface area contributed by atoms with Crippen molar-refractivity contribution < 1.29 is 13.2 Å². The summed E-state index contributed by atoms with van der Waals surface area (Å²) in [5.74, 6) is 0.221. The van der Waals surface area contributed by atoms with Crippen molar-refractivity contribution in [2.24, 2.45) is 0 Å². The average molecular weight is 350 g/mol. The molecule has 0 bridgehead atoms. The fraction of sp³-hybridized carbons (Fsp3) is 0.375. The molecule has 1 aliphatic heterocycles. The summed E-state index contributed by atoms with van der Waals surface area (Å²) in [7, 11) is -3.02. The SMILES string of the molecule is C[C@@]1(NC(=O)CSc2ccc3ccccc3n2)CCS(=O)(=O)C1. The zero-order valence-electron chi connectivity index (χ0n) is 12.8. The van der Waals surface area contributed by atoms with Crippen molar-refractivity contribution in [3.05, 3.63) is 36.4 Å². The Hall–Kier alpha value is -1.60. The van der Waals surface area contributed by atoms with Crippen molar-refractivity contribution in [2.75, 3.05) is 17.3 Å². The summed E-state index contributed by atoms with van der Waals surface area (Å²) >= 11 is 1.35. The molecule has 1 amide bonds. The number of carbonyl (C=O) groups is 1. The van der Waals surface area contributed by atoms with E-state index in [-0.39, 0.29) is 23.2 Å². The predicted molar refractivity (Wildman–Crippen MR) is 92.3 cm³/mol. The van der Waals surface area contributed by atoms with Crippen LogP contribution in [0.25, 0.3) is 10.9 Å². The number of rotatable bonds is 4. The molecule has 0 saturated carbocycles. The molecular formula is C16H18N2O3S2. The Bertz CT molecular complexity index is 851. The quantitative estimate of drug-likeness (QED) is 0.854. The Labute approximate surface area is 139 Å². The smallest absolute Gasteiger partial charge is 0.230 e. The van der Waals surface area contributed by atoms with Gasteiger partial charge in [0.15, 0.2) is 9.84 Å². The monoisotopic (exact) mass is 350 g/mol. The van der Waals surface area contributed by atoms with Gasteiger partial charge in [-0.05, 0) is 25.5 Å². The summed E-state index contributed by atoms with van der Waals surface area (Å²) in [6.45, 7) is 1.79. The van der Waals surface area contributed by atoms with Crippen LogP contribution in [-0.2, 0) is 14.6 Å². The molecular weight excluding hydrogens is 332 g/mol. The summed E-state index contributed by atoms with van der Waals surface area (Å²) in [4.78, 5) is 16.6. The van der Waals surface area contributed by atoms with Gasteiger partial charge in [-0.15, -0.1) is 0 Å². The molecule has 2 heterocycles. The fourth-order valence-electron chi connectivity index (χ4n) is 2.75. The van der Waals surface area contributed by atoms with Crippen molar-refractivity contribution in [3.63, 3.8) is 0 Å². The van der Waals surface area contributed by atoms with Crippen LogP contribution in [0.3, 0.4) is 0 Å². The lowest BCUT2D eigenvalue weighted by molar-refractivity contribution is -0.120. The van der Waals surface area contributed by atoms with Crippen LogP contribution in [-0.4, -0.2) is 42.1 Å². The van der Waals surface area contributed by atoms with E-state index in [9.17, 15) is 13.2 Å². The van der Waals surface area contributed by atoms with Gasteiger partial charge in [-0.25, -0.2) is 13.4 Å². The third kappa shape index (κ3) is 4.03. The Morgan fingerprint density at radius 2 is 2.09 bits per heavy atom. The molecule has 5 nitrogen and oxygen atoms in total. The molecule has 3 rings (SSSR count). The highest BCUT2D eigenvalue weighted by Crippen LogP contribution is 2.24. The van der Waals surface area contributed by atoms with Crippen molar-refractivity contribution in [2.45, 2.75) is 23.9 Å². The summed E-state index contributed by atoms with van der Waals surface area (Å²) in [6.07, 6.45) is 0.472. The number of benzene rings is 1. The Morgan fingerprint density at radius 3 is 2.83 bits per heavy atom. The lowest BCUT2D eigenvalue weighted by atomic mass is 10.0. The van der Waals surface area contributed by atoms with Gasteiger partial charge in [0.25, 0.3) is 0 Å². The van der Waals surface area contributed by atoms with Crippen LogP contribution in [0.4, 0.5) is 0 Å². The van der Waals surface area contributed by atoms with Gasteiger partial charge in [0, 0.05) is 5.39 Å². The summed E-state index contributed by atoms with van der Waals surface area (Å²) in [6, 6.07) is 11.7. The number of sulfone groups is 1. The first kappa shape index (κ1) is 16.3. The van der Waals surface area contributed by atoms with E-state index in [2.05, 4.69) is 10.3 Å². The molecule has 0 aliphatic carbocycles. The second kappa shape index (κ2) is 6.13. The molecule has 0 radical (unpaired) electrons. The maximum absolute atomic E-state index is 12.1. The number of nitrogens with one attached hydrogen (secondary N) is 1. The second-order valence-electron chi connectivity index (χ2n) is 6.08. The van der Waals surface area contributed by atoms with Crippen LogP contribution >= 0.6 is 11.8 Å². The number of hydrogen-bond acceptors (Lipinski definition) is 5. The minimum atomic E-state index is -3.02. The summed E-state index contributed by atoms with van der Waals surface area (Å²) in [5, 5.41) is 4.69. The highest BCUT2D eigenvalue weighted by molar-refractivity contribution is 7.99. The zero-order chi connectivity index (χ0) is 16.5. The van der Waals surface area contributed by atoms with Crippen molar-refractivity contribution in [3.8, 4) is 0 Å². The van der Waals surface area contributed by atoms with Gasteiger partial charge in [-0.2, -0.15) is 0 Å². The fourth-order valence-corrected chi connectivity index (χ4v) is 5.52. The van der Waals surface area contributed by atoms with Gasteiger partial charge < -0.3 is 5.32 Å². The number of carbonyl (C=O) groups excluding carboxylic acids is 1. The van der Waals surface area contributed by atoms with E-state index < -0.39 is 15.4 Å². The number of hydrogen-bond donors (Lipinski definition) is 1. The molecule has 7 heteroatoms. The molecule has 0 unspecified atom stereocenters. The first-order valence-corrected chi connectivity index (χ1v) is 10.2. The lowest BCUT2D eigenvalue weighted by Crippen LogP contribution is -2.47. The van der Waals surface area contributed by atoms with E-state index >= 15 is 0 Å². The topological polar surface area (TPSA) is 76.1 Å². The predicted octanol–water partition coefficient (Wildman–Crippen LogP) is 2.02. The minimum absolute atomic E-state index is 0.0185. The van der Waals surface area contributed by atoms with E-state index in [1.54, 1.807) is 6.92 Å². The third-order valence-corrected chi connectivity index (χ3v) is 6.70. The van der Waals surface area contributed by atoms with Crippen LogP contribution in [0.2, 0.25) is 0 Å². The van der Waals surface area contributed by atoms with Crippen LogP contribution in [0.5, 0.6) is 0 Å². The number of aromatic nitrogens is 1. The number of nitrogens with zero attached hydrogens (tertiary/aromatic N) is 1. The standard InChI is InChI=1S/C16H18N2O3S2/c1-16(8-9-23(20,21)11-16)18-14(19)10-22-15-7-6-12-4-2-3-5-13(12)17-15/h2-7H,8-11H2,1H3,(H,18,19)/t16-/m1/s1. The van der Waals surface area contributed by atoms with Crippen LogP contribution in [0.1, 0.15) is 13.3 Å². The number of pyridine rings is 1. The zero-order valence-corrected chi connectivity index (χ0v) is 14.4. The first-order chi connectivity index (χ1) is 10.9. The highest BCUT2D eigenvalue weighted by atomic mass is 32.2. The molecule has 1 atom stereocenters. The average Bonchev–Trinajstić information content (AvgIpc) is 2.78. The lowest BCUT2D eigenvalue weighted by Gasteiger charge is -2.23. The van der Waals surface area contributed by atoms with Gasteiger partial charge in [0.1, 0.15) is 0 Å². The molecule has 0 spiro atoms. The Morgan fingerprint density at radius 1 is 1.30 bits per heavy atom. The van der Waals surface area contributed by atoms with Crippen LogP contribution in [0.15, 0.2) is 41.4 Å². The van der Waals surface area contributed by atoms with Gasteiger partial charge in [0.05, 0.1) is 33.3 Å². The maximum atomic E-state index is 12.1. The van der Waals surface area contributed by atoms with E-state index in [0.29, 0.717) is 6.42 Å². The molecule has 2 aromatic rings. The number of thioether (sulfide) groups is 1. The summed E-state index contributed by atoms with van der Waals surface area (Å²) in [5.41, 5.74) is 0.250. The maximum Gasteiger partial charge on any atom is 0.230 e. The van der Waals surface area contributed by atoms with Crippen LogP contribution in [0, 0.1) is 0 Å². The summed E-state index contributed by atoms with van der Waals surface area (Å²) < 4.78 is 23.1. The molecule has 1 aromatic carbocycles. The van der Waals surface area contributed by atoms with Crippen molar-refractivity contribution >= 4 is 38.4 Å². The molecule has 1 saturated heterocycles. The molecule has 23 heavy (non-hydrogen) atoms. The van der Waals surface area contributed by atoms with Crippen molar-refractivity contribution in [1.29, 1.82) is 0 Å². The highest BCUT2D eigenvalue weighted by Gasteiger charge is 2.39. The minimum Gasteiger partial charge on any atom is -0.349 e. The Kier molecular flexibility index (Phi) is 4.33. The van der Waals surface area contributed by atoms with Gasteiger partial charge in [-0.3, -0.25) is 4.79 Å². The Balaban J connectivity index is 1.60. The number of para-hydroxylation sites is 1. The first-order valence-electron chi connectivity index (χ1n) is 7.35. The molecule has 122 valence electrons. The largest absolute Gasteiger partial charge is 0.349 e. The second-order valence-corrected chi connectivity index (χ2v) is 9.26. The van der Waals surface area contributed by atoms with Gasteiger partial charge >= 0.3 is 0 Å². The molecule has 1 aromatic heterocycles. The van der Waals surface area contributed by atoms with Gasteiger partial charge in [-0.1, -0.05) is 36.0 Å². The molecule has 1 aliphatic rings. The third-order valence-electron chi connectivity index (χ3n) is 3.87. The number of fused-ring (bicyclic) bond motifs is 1. The molecule has 1 fully saturated rings. The number of amides is 1. The van der Waals surface area contributed by atoms with Crippen LogP contribution < -0.4 is 5.32 Å². The van der Waals surface area contributed by atoms with E-state index in [1.165, 1.54) is 11.8 Å². The normalized spacial score (nSPS) is 23.0.